The maximum atomic E-state index is 12.3. The van der Waals surface area contributed by atoms with Gasteiger partial charge in [-0.1, -0.05) is 12.1 Å². The van der Waals surface area contributed by atoms with Crippen LogP contribution in [0.3, 0.4) is 0 Å². The van der Waals surface area contributed by atoms with Gasteiger partial charge in [0.1, 0.15) is 5.75 Å². The maximum absolute atomic E-state index is 12.3. The van der Waals surface area contributed by atoms with Crippen LogP contribution in [0.1, 0.15) is 23.7 Å². The van der Waals surface area contributed by atoms with Crippen molar-refractivity contribution in [3.63, 3.8) is 0 Å². The van der Waals surface area contributed by atoms with Crippen molar-refractivity contribution in [2.75, 3.05) is 0 Å². The summed E-state index contributed by atoms with van der Waals surface area (Å²) in [5.74, 6) is -2.50. The molecule has 20 heavy (non-hydrogen) atoms. The standard InChI is InChI=1S/C12H10F3NO4/c13-12(14,15)20-8-5-1-3-7(4-2-6-16)9(8)10(17)11(18)19/h1,3,5,10,17H,2,4H2,(H,18,19). The second-order valence-electron chi connectivity index (χ2n) is 3.78. The number of nitriles is 1. The van der Waals surface area contributed by atoms with Crippen molar-refractivity contribution in [1.82, 2.24) is 0 Å². The Morgan fingerprint density at radius 3 is 2.60 bits per heavy atom. The highest BCUT2D eigenvalue weighted by atomic mass is 19.4. The molecule has 1 aromatic rings. The van der Waals surface area contributed by atoms with E-state index >= 15 is 0 Å². The van der Waals surface area contributed by atoms with Crippen LogP contribution in [0.2, 0.25) is 0 Å². The molecular formula is C12H10F3NO4. The summed E-state index contributed by atoms with van der Waals surface area (Å²) in [5, 5.41) is 26.8. The summed E-state index contributed by atoms with van der Waals surface area (Å²) in [6, 6.07) is 5.26. The summed E-state index contributed by atoms with van der Waals surface area (Å²) in [5.41, 5.74) is -0.379. The number of nitrogens with zero attached hydrogens (tertiary/aromatic N) is 1. The van der Waals surface area contributed by atoms with E-state index in [-0.39, 0.29) is 18.4 Å². The van der Waals surface area contributed by atoms with Gasteiger partial charge < -0.3 is 14.9 Å². The molecule has 0 aliphatic rings. The van der Waals surface area contributed by atoms with Gasteiger partial charge in [-0.05, 0) is 18.1 Å². The molecule has 108 valence electrons. The molecule has 1 atom stereocenters. The van der Waals surface area contributed by atoms with Crippen LogP contribution in [0.15, 0.2) is 18.2 Å². The highest BCUT2D eigenvalue weighted by Crippen LogP contribution is 2.33. The van der Waals surface area contributed by atoms with E-state index in [0.29, 0.717) is 0 Å². The fourth-order valence-corrected chi connectivity index (χ4v) is 1.65. The molecule has 1 rings (SSSR count). The molecule has 0 aromatic heterocycles. The second kappa shape index (κ2) is 6.25. The number of aliphatic hydroxyl groups excluding tert-OH is 1. The smallest absolute Gasteiger partial charge is 0.479 e. The topological polar surface area (TPSA) is 90.5 Å². The third kappa shape index (κ3) is 4.13. The van der Waals surface area contributed by atoms with E-state index in [1.807, 2.05) is 0 Å². The Labute approximate surface area is 111 Å². The van der Waals surface area contributed by atoms with Crippen LogP contribution in [0.5, 0.6) is 5.75 Å². The number of carboxylic acid groups (broad SMARTS) is 1. The first-order valence-electron chi connectivity index (χ1n) is 5.41. The van der Waals surface area contributed by atoms with Crippen LogP contribution in [-0.2, 0) is 11.2 Å². The lowest BCUT2D eigenvalue weighted by Crippen LogP contribution is -2.21. The van der Waals surface area contributed by atoms with Gasteiger partial charge in [0.15, 0.2) is 6.10 Å². The lowest BCUT2D eigenvalue weighted by molar-refractivity contribution is -0.275. The lowest BCUT2D eigenvalue weighted by atomic mass is 9.97. The Hall–Kier alpha value is -2.27. The minimum atomic E-state index is -5.01. The van der Waals surface area contributed by atoms with E-state index in [4.69, 9.17) is 10.4 Å². The number of aryl methyl sites for hydroxylation is 1. The van der Waals surface area contributed by atoms with Crippen molar-refractivity contribution >= 4 is 5.97 Å². The Morgan fingerprint density at radius 2 is 2.10 bits per heavy atom. The van der Waals surface area contributed by atoms with Crippen LogP contribution in [0.25, 0.3) is 0 Å². The zero-order chi connectivity index (χ0) is 15.3. The zero-order valence-corrected chi connectivity index (χ0v) is 10.0. The number of carbonyl (C=O) groups is 1. The van der Waals surface area contributed by atoms with Crippen molar-refractivity contribution in [2.45, 2.75) is 25.3 Å². The third-order valence-corrected chi connectivity index (χ3v) is 2.40. The summed E-state index contributed by atoms with van der Waals surface area (Å²) in [4.78, 5) is 10.8. The van der Waals surface area contributed by atoms with E-state index in [0.717, 1.165) is 6.07 Å². The average Bonchev–Trinajstić information content (AvgIpc) is 2.33. The molecule has 0 aliphatic carbocycles. The molecule has 1 unspecified atom stereocenters. The monoisotopic (exact) mass is 289 g/mol. The number of alkyl halides is 3. The number of halogens is 3. The van der Waals surface area contributed by atoms with Gasteiger partial charge in [-0.15, -0.1) is 13.2 Å². The number of hydrogen-bond donors (Lipinski definition) is 2. The van der Waals surface area contributed by atoms with Crippen LogP contribution in [-0.4, -0.2) is 22.5 Å². The maximum Gasteiger partial charge on any atom is 0.573 e. The predicted octanol–water partition coefficient (Wildman–Crippen LogP) is 2.16. The molecule has 0 bridgehead atoms. The summed E-state index contributed by atoms with van der Waals surface area (Å²) in [6.07, 6.45) is -7.21. The van der Waals surface area contributed by atoms with E-state index < -0.39 is 29.7 Å². The van der Waals surface area contributed by atoms with Gasteiger partial charge in [-0.3, -0.25) is 0 Å². The van der Waals surface area contributed by atoms with Gasteiger partial charge >= 0.3 is 12.3 Å². The number of ether oxygens (including phenoxy) is 1. The fourth-order valence-electron chi connectivity index (χ4n) is 1.65. The largest absolute Gasteiger partial charge is 0.573 e. The van der Waals surface area contributed by atoms with Gasteiger partial charge in [0.25, 0.3) is 0 Å². The van der Waals surface area contributed by atoms with Crippen molar-refractivity contribution in [3.8, 4) is 11.8 Å². The Kier molecular flexibility index (Phi) is 4.94. The van der Waals surface area contributed by atoms with Gasteiger partial charge in [0.2, 0.25) is 0 Å². The number of rotatable bonds is 5. The van der Waals surface area contributed by atoms with E-state index in [2.05, 4.69) is 4.74 Å². The molecule has 5 nitrogen and oxygen atoms in total. The molecule has 0 saturated carbocycles. The SMILES string of the molecule is N#CCCc1cccc(OC(F)(F)F)c1C(O)C(=O)O. The van der Waals surface area contributed by atoms with Gasteiger partial charge in [-0.25, -0.2) is 4.79 Å². The second-order valence-corrected chi connectivity index (χ2v) is 3.78. The molecule has 0 saturated heterocycles. The number of aliphatic hydroxyl groups is 1. The number of carboxylic acids is 1. The van der Waals surface area contributed by atoms with Crippen molar-refractivity contribution in [2.24, 2.45) is 0 Å². The van der Waals surface area contributed by atoms with Crippen LogP contribution < -0.4 is 4.74 Å². The zero-order valence-electron chi connectivity index (χ0n) is 10.0. The van der Waals surface area contributed by atoms with E-state index in [9.17, 15) is 23.1 Å². The third-order valence-electron chi connectivity index (χ3n) is 2.40. The first-order valence-corrected chi connectivity index (χ1v) is 5.41. The van der Waals surface area contributed by atoms with Gasteiger partial charge in [-0.2, -0.15) is 5.26 Å². The molecule has 0 radical (unpaired) electrons. The first kappa shape index (κ1) is 15.8. The number of hydrogen-bond acceptors (Lipinski definition) is 4. The molecule has 0 amide bonds. The van der Waals surface area contributed by atoms with E-state index in [1.54, 1.807) is 6.07 Å². The first-order chi connectivity index (χ1) is 9.26. The summed E-state index contributed by atoms with van der Waals surface area (Å²) in [6.45, 7) is 0. The Bertz CT molecular complexity index is 536. The van der Waals surface area contributed by atoms with E-state index in [1.165, 1.54) is 12.1 Å². The summed E-state index contributed by atoms with van der Waals surface area (Å²) >= 11 is 0. The van der Waals surface area contributed by atoms with Crippen LogP contribution >= 0.6 is 0 Å². The average molecular weight is 289 g/mol. The molecule has 0 aliphatic heterocycles. The van der Waals surface area contributed by atoms with Gasteiger partial charge in [0, 0.05) is 12.0 Å². The van der Waals surface area contributed by atoms with Crippen molar-refractivity contribution < 1.29 is 32.9 Å². The molecule has 2 N–H and O–H groups in total. The molecule has 1 aromatic carbocycles. The summed E-state index contributed by atoms with van der Waals surface area (Å²) in [7, 11) is 0. The molecule has 0 spiro atoms. The predicted molar refractivity (Wildman–Crippen MR) is 59.7 cm³/mol. The van der Waals surface area contributed by atoms with Gasteiger partial charge in [0.05, 0.1) is 6.07 Å². The number of benzene rings is 1. The normalized spacial score (nSPS) is 12.6. The Morgan fingerprint density at radius 1 is 1.45 bits per heavy atom. The number of aliphatic carboxylic acids is 1. The Balaban J connectivity index is 3.29. The molecule has 8 heteroatoms. The minimum absolute atomic E-state index is 0.00519. The molecule has 0 heterocycles. The fraction of sp³-hybridized carbons (Fsp3) is 0.333. The van der Waals surface area contributed by atoms with Crippen molar-refractivity contribution in [3.05, 3.63) is 29.3 Å². The molecular weight excluding hydrogens is 279 g/mol. The summed E-state index contributed by atoms with van der Waals surface area (Å²) < 4.78 is 40.5. The highest BCUT2D eigenvalue weighted by Gasteiger charge is 2.34. The van der Waals surface area contributed by atoms with Crippen LogP contribution in [0.4, 0.5) is 13.2 Å². The quantitative estimate of drug-likeness (QED) is 0.866. The lowest BCUT2D eigenvalue weighted by Gasteiger charge is -2.18. The minimum Gasteiger partial charge on any atom is -0.479 e. The molecule has 0 fully saturated rings. The van der Waals surface area contributed by atoms with Crippen molar-refractivity contribution in [1.29, 1.82) is 5.26 Å². The highest BCUT2D eigenvalue weighted by molar-refractivity contribution is 5.76. The van der Waals surface area contributed by atoms with Crippen LogP contribution in [0, 0.1) is 11.3 Å².